The Morgan fingerprint density at radius 2 is 2.00 bits per heavy atom. The number of nitrogens with two attached hydrogens (primary N) is 1. The van der Waals surface area contributed by atoms with Gasteiger partial charge in [0.2, 0.25) is 5.91 Å². The summed E-state index contributed by atoms with van der Waals surface area (Å²) in [7, 11) is 0. The molecular weight excluding hydrogens is 340 g/mol. The van der Waals surface area contributed by atoms with Crippen LogP contribution < -0.4 is 21.1 Å². The van der Waals surface area contributed by atoms with Gasteiger partial charge in [-0.2, -0.15) is 0 Å². The number of hydrogen-bond donors (Lipinski definition) is 4. The lowest BCUT2D eigenvalue weighted by molar-refractivity contribution is 0.1000. The normalized spacial score (nSPS) is 14.3. The third kappa shape index (κ3) is 5.48. The van der Waals surface area contributed by atoms with Crippen LogP contribution in [0.15, 0.2) is 48.5 Å². The van der Waals surface area contributed by atoms with Gasteiger partial charge in [0.25, 0.3) is 0 Å². The van der Waals surface area contributed by atoms with Crippen molar-refractivity contribution in [3.63, 3.8) is 0 Å². The Morgan fingerprint density at radius 3 is 2.67 bits per heavy atom. The lowest BCUT2D eigenvalue weighted by Gasteiger charge is -2.17. The van der Waals surface area contributed by atoms with Gasteiger partial charge in [0.15, 0.2) is 5.96 Å². The van der Waals surface area contributed by atoms with E-state index in [1.807, 2.05) is 18.2 Å². The topological polar surface area (TPSA) is 100 Å². The summed E-state index contributed by atoms with van der Waals surface area (Å²) in [6, 6.07) is 15.2. The molecule has 0 heterocycles. The van der Waals surface area contributed by atoms with Crippen molar-refractivity contribution in [3.8, 4) is 5.75 Å². The van der Waals surface area contributed by atoms with Crippen molar-refractivity contribution in [3.05, 3.63) is 59.7 Å². The number of carbonyl (C=O) groups excluding carboxylic acids is 1. The number of carbonyl (C=O) groups is 1. The maximum Gasteiger partial charge on any atom is 0.248 e. The molecule has 6 heteroatoms. The highest BCUT2D eigenvalue weighted by molar-refractivity contribution is 5.96. The van der Waals surface area contributed by atoms with Gasteiger partial charge in [0.05, 0.1) is 12.3 Å². The van der Waals surface area contributed by atoms with Crippen molar-refractivity contribution in [2.24, 2.45) is 11.7 Å². The molecule has 0 saturated heterocycles. The van der Waals surface area contributed by atoms with E-state index in [4.69, 9.17) is 15.9 Å². The van der Waals surface area contributed by atoms with Crippen LogP contribution in [-0.4, -0.2) is 25.0 Å². The second-order valence-corrected chi connectivity index (χ2v) is 7.02. The Balaban J connectivity index is 1.60. The summed E-state index contributed by atoms with van der Waals surface area (Å²) < 4.78 is 5.85. The van der Waals surface area contributed by atoms with Gasteiger partial charge < -0.3 is 21.1 Å². The van der Waals surface area contributed by atoms with E-state index in [-0.39, 0.29) is 11.9 Å². The summed E-state index contributed by atoms with van der Waals surface area (Å²) in [5, 5.41) is 14.3. The van der Waals surface area contributed by atoms with Crippen LogP contribution in [0.2, 0.25) is 0 Å². The highest BCUT2D eigenvalue weighted by Crippen LogP contribution is 2.32. The van der Waals surface area contributed by atoms with Crippen molar-refractivity contribution in [2.75, 3.05) is 18.5 Å². The van der Waals surface area contributed by atoms with E-state index in [1.165, 1.54) is 18.4 Å². The molecule has 1 fully saturated rings. The van der Waals surface area contributed by atoms with Gasteiger partial charge in [0, 0.05) is 12.1 Å². The predicted octanol–water partition coefficient (Wildman–Crippen LogP) is 3.31. The first-order chi connectivity index (χ1) is 13.0. The van der Waals surface area contributed by atoms with Crippen LogP contribution in [0.5, 0.6) is 5.75 Å². The fourth-order valence-electron chi connectivity index (χ4n) is 2.72. The van der Waals surface area contributed by atoms with Gasteiger partial charge in [-0.25, -0.2) is 0 Å². The fourth-order valence-corrected chi connectivity index (χ4v) is 2.72. The maximum absolute atomic E-state index is 11.4. The number of benzene rings is 2. The van der Waals surface area contributed by atoms with Crippen LogP contribution in [0.3, 0.4) is 0 Å². The highest BCUT2D eigenvalue weighted by atomic mass is 16.5. The van der Waals surface area contributed by atoms with Crippen LogP contribution in [-0.2, 0) is 0 Å². The molecule has 1 atom stereocenters. The monoisotopic (exact) mass is 366 g/mol. The molecule has 1 unspecified atom stereocenters. The first-order valence-corrected chi connectivity index (χ1v) is 9.24. The van der Waals surface area contributed by atoms with E-state index in [2.05, 4.69) is 29.7 Å². The van der Waals surface area contributed by atoms with Crippen LogP contribution in [0, 0.1) is 11.3 Å². The largest absolute Gasteiger partial charge is 0.491 e. The molecule has 0 radical (unpaired) electrons. The molecule has 1 aliphatic carbocycles. The second-order valence-electron chi connectivity index (χ2n) is 7.02. The molecule has 5 N–H and O–H groups in total. The molecule has 2 aromatic rings. The van der Waals surface area contributed by atoms with Gasteiger partial charge in [0.1, 0.15) is 5.75 Å². The number of hydrogen-bond acceptors (Lipinski definition) is 3. The number of guanidine groups is 1. The minimum Gasteiger partial charge on any atom is -0.491 e. The van der Waals surface area contributed by atoms with E-state index in [1.54, 1.807) is 18.2 Å². The second kappa shape index (κ2) is 8.58. The average molecular weight is 366 g/mol. The molecule has 1 saturated carbocycles. The van der Waals surface area contributed by atoms with Gasteiger partial charge >= 0.3 is 0 Å². The van der Waals surface area contributed by atoms with Crippen LogP contribution in [0.25, 0.3) is 0 Å². The number of rotatable bonds is 8. The van der Waals surface area contributed by atoms with Crippen molar-refractivity contribution < 1.29 is 9.53 Å². The van der Waals surface area contributed by atoms with Crippen LogP contribution >= 0.6 is 0 Å². The van der Waals surface area contributed by atoms with E-state index < -0.39 is 5.91 Å². The molecule has 142 valence electrons. The van der Waals surface area contributed by atoms with Crippen molar-refractivity contribution in [1.82, 2.24) is 5.32 Å². The SMILES string of the molecule is CC(CNC(=N)Nc1ccc(C(N)=O)cc1OCC1CC1)c1ccccc1. The van der Waals surface area contributed by atoms with Gasteiger partial charge in [-0.15, -0.1) is 0 Å². The zero-order valence-corrected chi connectivity index (χ0v) is 15.5. The zero-order chi connectivity index (χ0) is 19.2. The fraction of sp³-hybridized carbons (Fsp3) is 0.333. The lowest BCUT2D eigenvalue weighted by Crippen LogP contribution is -2.32. The number of primary amides is 1. The van der Waals surface area contributed by atoms with E-state index in [0.717, 1.165) is 0 Å². The van der Waals surface area contributed by atoms with Gasteiger partial charge in [-0.3, -0.25) is 10.2 Å². The Kier molecular flexibility index (Phi) is 5.96. The molecule has 0 bridgehead atoms. The van der Waals surface area contributed by atoms with Gasteiger partial charge in [-0.1, -0.05) is 37.3 Å². The molecule has 1 amide bonds. The smallest absolute Gasteiger partial charge is 0.248 e. The minimum atomic E-state index is -0.497. The molecule has 0 aromatic heterocycles. The molecule has 2 aromatic carbocycles. The van der Waals surface area contributed by atoms with Crippen molar-refractivity contribution >= 4 is 17.6 Å². The molecule has 6 nitrogen and oxygen atoms in total. The first-order valence-electron chi connectivity index (χ1n) is 9.24. The molecule has 3 rings (SSSR count). The molecule has 0 aliphatic heterocycles. The van der Waals surface area contributed by atoms with E-state index in [9.17, 15) is 4.79 Å². The lowest BCUT2D eigenvalue weighted by atomic mass is 10.0. The summed E-state index contributed by atoms with van der Waals surface area (Å²) in [5.41, 5.74) is 7.62. The predicted molar refractivity (Wildman–Crippen MR) is 107 cm³/mol. The highest BCUT2D eigenvalue weighted by Gasteiger charge is 2.22. The Hall–Kier alpha value is -3.02. The number of amides is 1. The molecule has 1 aliphatic rings. The summed E-state index contributed by atoms with van der Waals surface area (Å²) in [4.78, 5) is 11.4. The molecule has 0 spiro atoms. The van der Waals surface area contributed by atoms with Crippen LogP contribution in [0.1, 0.15) is 41.6 Å². The van der Waals surface area contributed by atoms with E-state index >= 15 is 0 Å². The summed E-state index contributed by atoms with van der Waals surface area (Å²) >= 11 is 0. The van der Waals surface area contributed by atoms with Crippen molar-refractivity contribution in [1.29, 1.82) is 5.41 Å². The number of nitrogens with one attached hydrogen (secondary N) is 3. The van der Waals surface area contributed by atoms with Gasteiger partial charge in [-0.05, 0) is 48.4 Å². The maximum atomic E-state index is 11.4. The molecule has 27 heavy (non-hydrogen) atoms. The zero-order valence-electron chi connectivity index (χ0n) is 15.5. The minimum absolute atomic E-state index is 0.181. The summed E-state index contributed by atoms with van der Waals surface area (Å²) in [5.74, 6) is 1.08. The number of ether oxygens (including phenoxy) is 1. The third-order valence-electron chi connectivity index (χ3n) is 4.65. The van der Waals surface area contributed by atoms with Crippen LogP contribution in [0.4, 0.5) is 5.69 Å². The average Bonchev–Trinajstić information content (AvgIpc) is 3.50. The Labute approximate surface area is 159 Å². The molecular formula is C21H26N4O2. The first kappa shape index (κ1) is 18.8. The Morgan fingerprint density at radius 1 is 1.26 bits per heavy atom. The van der Waals surface area contributed by atoms with E-state index in [0.29, 0.717) is 36.1 Å². The summed E-state index contributed by atoms with van der Waals surface area (Å²) in [6.45, 7) is 3.36. The number of anilines is 1. The quantitative estimate of drug-likeness (QED) is 0.425. The summed E-state index contributed by atoms with van der Waals surface area (Å²) in [6.07, 6.45) is 2.35. The third-order valence-corrected chi connectivity index (χ3v) is 4.65. The Bertz CT molecular complexity index is 803. The standard InChI is InChI=1S/C21H26N4O2/c1-14(16-5-3-2-4-6-16)12-24-21(23)25-18-10-9-17(20(22)26)11-19(18)27-13-15-7-8-15/h2-6,9-11,14-15H,7-8,12-13H2,1H3,(H2,22,26)(H3,23,24,25). The van der Waals surface area contributed by atoms with Crippen molar-refractivity contribution in [2.45, 2.75) is 25.7 Å².